The fourth-order valence-electron chi connectivity index (χ4n) is 1.82. The van der Waals surface area contributed by atoms with Gasteiger partial charge >= 0.3 is 5.97 Å². The summed E-state index contributed by atoms with van der Waals surface area (Å²) in [6, 6.07) is 8.31. The maximum atomic E-state index is 10.9. The third-order valence-corrected chi connectivity index (χ3v) is 2.89. The highest BCUT2D eigenvalue weighted by Gasteiger charge is 2.15. The molecule has 0 aliphatic heterocycles. The number of carboxylic acid groups (broad SMARTS) is 1. The third-order valence-electron chi connectivity index (χ3n) is 2.89. The van der Waals surface area contributed by atoms with E-state index in [1.807, 2.05) is 6.92 Å². The van der Waals surface area contributed by atoms with Gasteiger partial charge in [0.25, 0.3) is 0 Å². The van der Waals surface area contributed by atoms with E-state index in [1.54, 1.807) is 0 Å². The van der Waals surface area contributed by atoms with Gasteiger partial charge in [0.05, 0.1) is 5.92 Å². The first kappa shape index (κ1) is 12.8. The Labute approximate surface area is 97.3 Å². The Hall–Kier alpha value is -1.31. The van der Waals surface area contributed by atoms with Gasteiger partial charge in [-0.15, -0.1) is 0 Å². The lowest BCUT2D eigenvalue weighted by atomic mass is 9.96. The standard InChI is InChI=1S/C14H20O2/c1-3-5-11-6-8-12(9-7-11)10-13(4-2)14(15)16/h6-9,13H,3-5,10H2,1-2H3,(H,15,16). The van der Waals surface area contributed by atoms with Crippen molar-refractivity contribution in [2.75, 3.05) is 0 Å². The molecular formula is C14H20O2. The molecule has 0 aliphatic rings. The van der Waals surface area contributed by atoms with Crippen LogP contribution in [0.2, 0.25) is 0 Å². The van der Waals surface area contributed by atoms with Gasteiger partial charge in [0, 0.05) is 0 Å². The molecule has 0 heterocycles. The zero-order chi connectivity index (χ0) is 12.0. The molecular weight excluding hydrogens is 200 g/mol. The predicted octanol–water partition coefficient (Wildman–Crippen LogP) is 3.29. The van der Waals surface area contributed by atoms with Crippen LogP contribution < -0.4 is 0 Å². The van der Waals surface area contributed by atoms with Crippen LogP contribution in [0.3, 0.4) is 0 Å². The summed E-state index contributed by atoms with van der Waals surface area (Å²) in [5, 5.41) is 8.97. The highest BCUT2D eigenvalue weighted by atomic mass is 16.4. The minimum atomic E-state index is -0.694. The summed E-state index contributed by atoms with van der Waals surface area (Å²) in [7, 11) is 0. The van der Waals surface area contributed by atoms with Crippen molar-refractivity contribution in [2.45, 2.75) is 39.5 Å². The van der Waals surface area contributed by atoms with Crippen LogP contribution in [0.15, 0.2) is 24.3 Å². The lowest BCUT2D eigenvalue weighted by Gasteiger charge is -2.09. The monoisotopic (exact) mass is 220 g/mol. The molecule has 0 spiro atoms. The quantitative estimate of drug-likeness (QED) is 0.798. The van der Waals surface area contributed by atoms with Gasteiger partial charge in [-0.3, -0.25) is 4.79 Å². The van der Waals surface area contributed by atoms with Gasteiger partial charge in [0.15, 0.2) is 0 Å². The van der Waals surface area contributed by atoms with Crippen LogP contribution in [0.1, 0.15) is 37.8 Å². The number of hydrogen-bond donors (Lipinski definition) is 1. The van der Waals surface area contributed by atoms with E-state index in [9.17, 15) is 4.79 Å². The highest BCUT2D eigenvalue weighted by Crippen LogP contribution is 2.14. The van der Waals surface area contributed by atoms with Crippen molar-refractivity contribution in [1.82, 2.24) is 0 Å². The third kappa shape index (κ3) is 3.69. The van der Waals surface area contributed by atoms with Crippen molar-refractivity contribution >= 4 is 5.97 Å². The van der Waals surface area contributed by atoms with E-state index >= 15 is 0 Å². The number of benzene rings is 1. The number of aryl methyl sites for hydroxylation is 1. The maximum Gasteiger partial charge on any atom is 0.306 e. The summed E-state index contributed by atoms with van der Waals surface area (Å²) < 4.78 is 0. The minimum Gasteiger partial charge on any atom is -0.481 e. The molecule has 2 heteroatoms. The van der Waals surface area contributed by atoms with Crippen molar-refractivity contribution in [3.05, 3.63) is 35.4 Å². The van der Waals surface area contributed by atoms with E-state index in [0.717, 1.165) is 18.4 Å². The van der Waals surface area contributed by atoms with Gasteiger partial charge in [-0.05, 0) is 30.4 Å². The number of rotatable bonds is 6. The van der Waals surface area contributed by atoms with Crippen molar-refractivity contribution in [3.63, 3.8) is 0 Å². The van der Waals surface area contributed by atoms with Gasteiger partial charge in [0.2, 0.25) is 0 Å². The molecule has 1 N–H and O–H groups in total. The molecule has 0 fully saturated rings. The Morgan fingerprint density at radius 2 is 1.75 bits per heavy atom. The van der Waals surface area contributed by atoms with Crippen molar-refractivity contribution in [2.24, 2.45) is 5.92 Å². The molecule has 1 aromatic rings. The normalized spacial score (nSPS) is 12.4. The van der Waals surface area contributed by atoms with Gasteiger partial charge in [-0.2, -0.15) is 0 Å². The largest absolute Gasteiger partial charge is 0.481 e. The number of aliphatic carboxylic acids is 1. The number of carboxylic acids is 1. The summed E-state index contributed by atoms with van der Waals surface area (Å²) in [5.74, 6) is -0.947. The average Bonchev–Trinajstić information content (AvgIpc) is 2.28. The molecule has 0 amide bonds. The van der Waals surface area contributed by atoms with E-state index in [2.05, 4.69) is 31.2 Å². The Bertz CT molecular complexity index is 327. The molecule has 0 radical (unpaired) electrons. The number of carbonyl (C=O) groups is 1. The molecule has 2 nitrogen and oxygen atoms in total. The number of hydrogen-bond acceptors (Lipinski definition) is 1. The molecule has 16 heavy (non-hydrogen) atoms. The van der Waals surface area contributed by atoms with E-state index < -0.39 is 5.97 Å². The summed E-state index contributed by atoms with van der Waals surface area (Å²) in [4.78, 5) is 10.9. The molecule has 0 saturated carbocycles. The average molecular weight is 220 g/mol. The van der Waals surface area contributed by atoms with Gasteiger partial charge in [-0.1, -0.05) is 44.5 Å². The summed E-state index contributed by atoms with van der Waals surface area (Å²) >= 11 is 0. The molecule has 1 unspecified atom stereocenters. The van der Waals surface area contributed by atoms with Crippen LogP contribution in [-0.2, 0) is 17.6 Å². The molecule has 0 saturated heterocycles. The van der Waals surface area contributed by atoms with E-state index in [-0.39, 0.29) is 5.92 Å². The highest BCUT2D eigenvalue weighted by molar-refractivity contribution is 5.70. The molecule has 0 aromatic heterocycles. The smallest absolute Gasteiger partial charge is 0.306 e. The Balaban J connectivity index is 2.63. The molecule has 1 atom stereocenters. The molecule has 0 bridgehead atoms. The second kappa shape index (κ2) is 6.31. The first-order valence-corrected chi connectivity index (χ1v) is 5.98. The van der Waals surface area contributed by atoms with Gasteiger partial charge < -0.3 is 5.11 Å². The summed E-state index contributed by atoms with van der Waals surface area (Å²) in [5.41, 5.74) is 2.45. The van der Waals surface area contributed by atoms with Crippen LogP contribution in [0.4, 0.5) is 0 Å². The predicted molar refractivity (Wildman–Crippen MR) is 65.6 cm³/mol. The van der Waals surface area contributed by atoms with Crippen LogP contribution in [0.5, 0.6) is 0 Å². The van der Waals surface area contributed by atoms with E-state index in [4.69, 9.17) is 5.11 Å². The molecule has 0 aliphatic carbocycles. The lowest BCUT2D eigenvalue weighted by Crippen LogP contribution is -2.15. The summed E-state index contributed by atoms with van der Waals surface area (Å²) in [6.45, 7) is 4.08. The summed E-state index contributed by atoms with van der Waals surface area (Å²) in [6.07, 6.45) is 3.56. The topological polar surface area (TPSA) is 37.3 Å². The zero-order valence-electron chi connectivity index (χ0n) is 10.1. The molecule has 1 rings (SSSR count). The Kier molecular flexibility index (Phi) is 5.03. The van der Waals surface area contributed by atoms with Crippen LogP contribution in [0.25, 0.3) is 0 Å². The minimum absolute atomic E-state index is 0.253. The Morgan fingerprint density at radius 1 is 1.19 bits per heavy atom. The van der Waals surface area contributed by atoms with E-state index in [1.165, 1.54) is 5.56 Å². The van der Waals surface area contributed by atoms with Gasteiger partial charge in [-0.25, -0.2) is 0 Å². The molecule has 1 aromatic carbocycles. The zero-order valence-corrected chi connectivity index (χ0v) is 10.1. The first-order valence-electron chi connectivity index (χ1n) is 5.98. The first-order chi connectivity index (χ1) is 7.67. The Morgan fingerprint density at radius 3 is 2.19 bits per heavy atom. The fraction of sp³-hybridized carbons (Fsp3) is 0.500. The fourth-order valence-corrected chi connectivity index (χ4v) is 1.82. The van der Waals surface area contributed by atoms with Gasteiger partial charge in [0.1, 0.15) is 0 Å². The lowest BCUT2D eigenvalue weighted by molar-refractivity contribution is -0.141. The molecule has 88 valence electrons. The van der Waals surface area contributed by atoms with E-state index in [0.29, 0.717) is 12.8 Å². The van der Waals surface area contributed by atoms with Crippen LogP contribution in [0, 0.1) is 5.92 Å². The second-order valence-corrected chi connectivity index (χ2v) is 4.21. The second-order valence-electron chi connectivity index (χ2n) is 4.21. The SMILES string of the molecule is CCCc1ccc(CC(CC)C(=O)O)cc1. The van der Waals surface area contributed by atoms with Crippen molar-refractivity contribution < 1.29 is 9.90 Å². The maximum absolute atomic E-state index is 10.9. The van der Waals surface area contributed by atoms with Crippen molar-refractivity contribution in [1.29, 1.82) is 0 Å². The van der Waals surface area contributed by atoms with Crippen LogP contribution >= 0.6 is 0 Å². The van der Waals surface area contributed by atoms with Crippen LogP contribution in [-0.4, -0.2) is 11.1 Å². The van der Waals surface area contributed by atoms with Crippen molar-refractivity contribution in [3.8, 4) is 0 Å².